The standard InChI is InChI=1S/C30H36N2O6/c1-3-5-9-21-27(33)23-17-19(11-13-25(23)31-29(21)35)37-15-7-8-16-38-20-12-14-26-24(18-20)28(34)22(10-6-4-2)30(36)32-26/h11-14,17-18H,3-10,15-16H2,1-2H3,(H2,31,33,35)(H2,32,34,36). The second-order valence-electron chi connectivity index (χ2n) is 9.59. The smallest absolute Gasteiger partial charge is 0.255 e. The van der Waals surface area contributed by atoms with Crippen LogP contribution in [0.2, 0.25) is 0 Å². The number of aromatic amines is 2. The first kappa shape index (κ1) is 27.1. The average Bonchev–Trinajstić information content (AvgIpc) is 2.91. The molecule has 8 heteroatoms. The Hall–Kier alpha value is -3.94. The Morgan fingerprint density at radius 3 is 1.47 bits per heavy atom. The van der Waals surface area contributed by atoms with Crippen LogP contribution in [0.5, 0.6) is 23.0 Å². The Balaban J connectivity index is 1.32. The van der Waals surface area contributed by atoms with E-state index in [-0.39, 0.29) is 22.6 Å². The molecule has 0 aliphatic heterocycles. The predicted octanol–water partition coefficient (Wildman–Crippen LogP) is 5.70. The lowest BCUT2D eigenvalue weighted by atomic mass is 10.1. The zero-order valence-electron chi connectivity index (χ0n) is 22.1. The molecule has 0 atom stereocenters. The van der Waals surface area contributed by atoms with Crippen LogP contribution < -0.4 is 20.6 Å². The molecule has 38 heavy (non-hydrogen) atoms. The summed E-state index contributed by atoms with van der Waals surface area (Å²) in [6.07, 6.45) is 6.12. The summed E-state index contributed by atoms with van der Waals surface area (Å²) < 4.78 is 11.8. The highest BCUT2D eigenvalue weighted by Gasteiger charge is 2.13. The maximum atomic E-state index is 12.3. The molecule has 4 aromatic rings. The number of hydrogen-bond acceptors (Lipinski definition) is 6. The van der Waals surface area contributed by atoms with Gasteiger partial charge in [-0.1, -0.05) is 26.7 Å². The predicted molar refractivity (Wildman–Crippen MR) is 150 cm³/mol. The highest BCUT2D eigenvalue weighted by molar-refractivity contribution is 5.87. The van der Waals surface area contributed by atoms with Crippen LogP contribution in [0.1, 0.15) is 63.5 Å². The highest BCUT2D eigenvalue weighted by atomic mass is 16.5. The van der Waals surface area contributed by atoms with Crippen molar-refractivity contribution in [2.75, 3.05) is 13.2 Å². The fourth-order valence-electron chi connectivity index (χ4n) is 4.53. The fourth-order valence-corrected chi connectivity index (χ4v) is 4.53. The van der Waals surface area contributed by atoms with Crippen molar-refractivity contribution in [3.63, 3.8) is 0 Å². The van der Waals surface area contributed by atoms with Gasteiger partial charge in [-0.2, -0.15) is 0 Å². The number of fused-ring (bicyclic) bond motifs is 2. The Kier molecular flexibility index (Phi) is 8.94. The maximum absolute atomic E-state index is 12.3. The Morgan fingerprint density at radius 1 is 0.658 bits per heavy atom. The zero-order valence-corrected chi connectivity index (χ0v) is 22.1. The SMILES string of the molecule is CCCCc1c(O)c2cc(OCCCCOc3ccc4[nH]c(=O)c(CCCC)c(O)c4c3)ccc2[nH]c1=O. The summed E-state index contributed by atoms with van der Waals surface area (Å²) in [6.45, 7) is 5.04. The molecule has 0 unspecified atom stereocenters. The van der Waals surface area contributed by atoms with E-state index in [1.54, 1.807) is 36.4 Å². The van der Waals surface area contributed by atoms with Crippen LogP contribution in [-0.4, -0.2) is 33.4 Å². The molecular formula is C30H36N2O6. The average molecular weight is 521 g/mol. The molecule has 4 rings (SSSR count). The lowest BCUT2D eigenvalue weighted by molar-refractivity contribution is 0.267. The van der Waals surface area contributed by atoms with Crippen LogP contribution in [0.25, 0.3) is 21.8 Å². The second-order valence-corrected chi connectivity index (χ2v) is 9.59. The van der Waals surface area contributed by atoms with Gasteiger partial charge in [0, 0.05) is 10.8 Å². The number of unbranched alkanes of at least 4 members (excludes halogenated alkanes) is 3. The van der Waals surface area contributed by atoms with Crippen molar-refractivity contribution < 1.29 is 19.7 Å². The third kappa shape index (κ3) is 6.13. The monoisotopic (exact) mass is 520 g/mol. The summed E-state index contributed by atoms with van der Waals surface area (Å²) in [6, 6.07) is 10.6. The summed E-state index contributed by atoms with van der Waals surface area (Å²) in [5, 5.41) is 22.5. The molecule has 0 amide bonds. The molecule has 2 aromatic heterocycles. The number of rotatable bonds is 13. The fraction of sp³-hybridized carbons (Fsp3) is 0.400. The van der Waals surface area contributed by atoms with Gasteiger partial charge in [-0.25, -0.2) is 0 Å². The van der Waals surface area contributed by atoms with E-state index in [4.69, 9.17) is 9.47 Å². The van der Waals surface area contributed by atoms with Gasteiger partial charge in [0.25, 0.3) is 11.1 Å². The molecule has 202 valence electrons. The minimum Gasteiger partial charge on any atom is -0.507 e. The van der Waals surface area contributed by atoms with E-state index in [1.807, 2.05) is 13.8 Å². The van der Waals surface area contributed by atoms with Crippen molar-refractivity contribution in [1.82, 2.24) is 9.97 Å². The van der Waals surface area contributed by atoms with Gasteiger partial charge in [-0.3, -0.25) is 9.59 Å². The van der Waals surface area contributed by atoms with Crippen molar-refractivity contribution >= 4 is 21.8 Å². The Morgan fingerprint density at radius 2 is 1.08 bits per heavy atom. The third-order valence-electron chi connectivity index (χ3n) is 6.75. The lowest BCUT2D eigenvalue weighted by Crippen LogP contribution is -2.13. The van der Waals surface area contributed by atoms with Crippen LogP contribution in [0.3, 0.4) is 0 Å². The molecule has 2 aromatic carbocycles. The van der Waals surface area contributed by atoms with Crippen molar-refractivity contribution in [3.8, 4) is 23.0 Å². The summed E-state index contributed by atoms with van der Waals surface area (Å²) >= 11 is 0. The molecule has 8 nitrogen and oxygen atoms in total. The molecular weight excluding hydrogens is 484 g/mol. The first-order valence-electron chi connectivity index (χ1n) is 13.4. The topological polar surface area (TPSA) is 125 Å². The lowest BCUT2D eigenvalue weighted by Gasteiger charge is -2.11. The number of aromatic nitrogens is 2. The maximum Gasteiger partial charge on any atom is 0.255 e. The van der Waals surface area contributed by atoms with Crippen molar-refractivity contribution in [1.29, 1.82) is 0 Å². The van der Waals surface area contributed by atoms with Gasteiger partial charge in [-0.05, 0) is 74.9 Å². The minimum absolute atomic E-state index is 0.0269. The van der Waals surface area contributed by atoms with Gasteiger partial charge in [-0.15, -0.1) is 0 Å². The van der Waals surface area contributed by atoms with Crippen molar-refractivity contribution in [3.05, 3.63) is 68.2 Å². The van der Waals surface area contributed by atoms with Crippen LogP contribution in [0.4, 0.5) is 0 Å². The normalized spacial score (nSPS) is 11.3. The molecule has 0 spiro atoms. The van der Waals surface area contributed by atoms with Crippen molar-refractivity contribution in [2.45, 2.75) is 65.2 Å². The first-order valence-corrected chi connectivity index (χ1v) is 13.4. The molecule has 0 aliphatic carbocycles. The van der Waals surface area contributed by atoms with E-state index >= 15 is 0 Å². The number of hydrogen-bond donors (Lipinski definition) is 4. The molecule has 2 heterocycles. The number of H-pyrrole nitrogens is 2. The largest absolute Gasteiger partial charge is 0.507 e. The van der Waals surface area contributed by atoms with E-state index in [2.05, 4.69) is 9.97 Å². The highest BCUT2D eigenvalue weighted by Crippen LogP contribution is 2.30. The van der Waals surface area contributed by atoms with Gasteiger partial charge in [0.2, 0.25) is 0 Å². The molecule has 0 bridgehead atoms. The third-order valence-corrected chi connectivity index (χ3v) is 6.75. The van der Waals surface area contributed by atoms with Gasteiger partial charge in [0.05, 0.1) is 35.4 Å². The van der Waals surface area contributed by atoms with E-state index in [0.717, 1.165) is 38.5 Å². The van der Waals surface area contributed by atoms with E-state index in [1.165, 1.54) is 0 Å². The van der Waals surface area contributed by atoms with Crippen LogP contribution in [0.15, 0.2) is 46.0 Å². The minimum atomic E-state index is -0.246. The van der Waals surface area contributed by atoms with Crippen molar-refractivity contribution in [2.24, 2.45) is 0 Å². The van der Waals surface area contributed by atoms with Crippen LogP contribution in [-0.2, 0) is 12.8 Å². The number of aromatic hydroxyl groups is 2. The van der Waals surface area contributed by atoms with Gasteiger partial charge < -0.3 is 29.7 Å². The first-order chi connectivity index (χ1) is 18.4. The van der Waals surface area contributed by atoms with Gasteiger partial charge >= 0.3 is 0 Å². The number of pyridine rings is 2. The van der Waals surface area contributed by atoms with E-state index < -0.39 is 0 Å². The summed E-state index contributed by atoms with van der Waals surface area (Å²) in [7, 11) is 0. The number of ether oxygens (including phenoxy) is 2. The van der Waals surface area contributed by atoms with E-state index in [9.17, 15) is 19.8 Å². The Bertz CT molecular complexity index is 1410. The quantitative estimate of drug-likeness (QED) is 0.168. The zero-order chi connectivity index (χ0) is 27.1. The number of nitrogens with one attached hydrogen (secondary N) is 2. The van der Waals surface area contributed by atoms with Gasteiger partial charge in [0.15, 0.2) is 0 Å². The molecule has 0 aliphatic rings. The summed E-state index contributed by atoms with van der Waals surface area (Å²) in [4.78, 5) is 30.3. The van der Waals surface area contributed by atoms with Crippen LogP contribution >= 0.6 is 0 Å². The van der Waals surface area contributed by atoms with Crippen LogP contribution in [0, 0.1) is 0 Å². The molecule has 0 saturated heterocycles. The molecule has 0 radical (unpaired) electrons. The summed E-state index contributed by atoms with van der Waals surface area (Å²) in [5.41, 5.74) is 1.50. The molecule has 0 fully saturated rings. The van der Waals surface area contributed by atoms with Gasteiger partial charge in [0.1, 0.15) is 23.0 Å². The number of benzene rings is 2. The second kappa shape index (κ2) is 12.5. The molecule has 0 saturated carbocycles. The van der Waals surface area contributed by atoms with E-state index in [0.29, 0.717) is 70.5 Å². The Labute approximate surface area is 221 Å². The molecule has 4 N–H and O–H groups in total. The summed E-state index contributed by atoms with van der Waals surface area (Å²) in [5.74, 6) is 1.30.